The smallest absolute Gasteiger partial charge is 0.243 e. The SMILES string of the molecule is Cc1cc(NC(O)[C@H](CCN)NC(=O)[C@@H]2Cc3ccccc3CN2C(=O)CCC(=O)N2CCCC2C(C)C)ccc1Cl. The Morgan fingerprint density at radius 3 is 2.43 bits per heavy atom. The highest BCUT2D eigenvalue weighted by Crippen LogP contribution is 2.27. The van der Waals surface area contributed by atoms with Crippen LogP contribution in [0.5, 0.6) is 0 Å². The van der Waals surface area contributed by atoms with Gasteiger partial charge in [-0.3, -0.25) is 14.4 Å². The number of anilines is 1. The molecule has 1 fully saturated rings. The van der Waals surface area contributed by atoms with Gasteiger partial charge in [-0.05, 0) is 73.5 Å². The number of nitrogens with zero attached hydrogens (tertiary/aromatic N) is 2. The van der Waals surface area contributed by atoms with Crippen LogP contribution in [-0.2, 0) is 27.3 Å². The molecule has 2 aliphatic heterocycles. The van der Waals surface area contributed by atoms with Crippen molar-refractivity contribution in [3.8, 4) is 0 Å². The molecule has 2 aromatic rings. The van der Waals surface area contributed by atoms with Gasteiger partial charge in [-0.1, -0.05) is 49.7 Å². The zero-order chi connectivity index (χ0) is 30.4. The monoisotopic (exact) mass is 597 g/mol. The van der Waals surface area contributed by atoms with Crippen molar-refractivity contribution < 1.29 is 19.5 Å². The fourth-order valence-electron chi connectivity index (χ4n) is 6.09. The van der Waals surface area contributed by atoms with Crippen molar-refractivity contribution in [2.75, 3.05) is 18.4 Å². The van der Waals surface area contributed by atoms with Crippen LogP contribution in [0.25, 0.3) is 0 Å². The minimum absolute atomic E-state index is 0.00685. The highest BCUT2D eigenvalue weighted by atomic mass is 35.5. The second-order valence-corrected chi connectivity index (χ2v) is 12.2. The molecule has 2 unspecified atom stereocenters. The third-order valence-electron chi connectivity index (χ3n) is 8.47. The van der Waals surface area contributed by atoms with Gasteiger partial charge in [0.1, 0.15) is 12.3 Å². The van der Waals surface area contributed by atoms with E-state index in [1.165, 1.54) is 0 Å². The second kappa shape index (κ2) is 14.4. The summed E-state index contributed by atoms with van der Waals surface area (Å²) >= 11 is 6.13. The van der Waals surface area contributed by atoms with E-state index in [2.05, 4.69) is 24.5 Å². The van der Waals surface area contributed by atoms with Crippen molar-refractivity contribution >= 4 is 35.0 Å². The number of halogens is 1. The Bertz CT molecular complexity index is 1270. The standard InChI is InChI=1S/C32H44ClN5O4/c1-20(2)27-9-6-16-37(27)29(39)12-13-30(40)38-19-23-8-5-4-7-22(23)18-28(38)32(42)36-26(14-15-34)31(41)35-24-10-11-25(33)21(3)17-24/h4-5,7-8,10-11,17,20,26-28,31,35,41H,6,9,12-16,18-19,34H2,1-3H3,(H,36,42)/t26-,27?,28-,31?/m0/s1. The lowest BCUT2D eigenvalue weighted by atomic mass is 9.92. The molecule has 9 nitrogen and oxygen atoms in total. The van der Waals surface area contributed by atoms with Gasteiger partial charge in [-0.2, -0.15) is 0 Å². The number of hydrogen-bond acceptors (Lipinski definition) is 6. The van der Waals surface area contributed by atoms with Crippen LogP contribution in [0.2, 0.25) is 5.02 Å². The number of amides is 3. The van der Waals surface area contributed by atoms with Gasteiger partial charge in [-0.15, -0.1) is 0 Å². The number of nitrogens with two attached hydrogens (primary N) is 1. The minimum Gasteiger partial charge on any atom is -0.372 e. The molecule has 3 amide bonds. The van der Waals surface area contributed by atoms with Crippen LogP contribution < -0.4 is 16.4 Å². The number of aliphatic hydroxyl groups excluding tert-OH is 1. The first-order chi connectivity index (χ1) is 20.1. The van der Waals surface area contributed by atoms with Gasteiger partial charge in [0.15, 0.2) is 0 Å². The van der Waals surface area contributed by atoms with Crippen molar-refractivity contribution in [1.82, 2.24) is 15.1 Å². The molecule has 4 atom stereocenters. The summed E-state index contributed by atoms with van der Waals surface area (Å²) in [5.41, 5.74) is 9.33. The minimum atomic E-state index is -1.12. The number of benzene rings is 2. The summed E-state index contributed by atoms with van der Waals surface area (Å²) in [4.78, 5) is 43.9. The van der Waals surface area contributed by atoms with Crippen molar-refractivity contribution in [2.24, 2.45) is 11.7 Å². The molecular formula is C32H44ClN5O4. The van der Waals surface area contributed by atoms with E-state index in [-0.39, 0.29) is 49.7 Å². The van der Waals surface area contributed by atoms with E-state index in [0.717, 1.165) is 36.1 Å². The van der Waals surface area contributed by atoms with Crippen molar-refractivity contribution in [2.45, 2.75) is 90.2 Å². The first-order valence-electron chi connectivity index (χ1n) is 15.0. The largest absolute Gasteiger partial charge is 0.372 e. The number of aryl methyl sites for hydroxylation is 1. The molecule has 0 spiro atoms. The van der Waals surface area contributed by atoms with E-state index in [0.29, 0.717) is 29.5 Å². The lowest BCUT2D eigenvalue weighted by Gasteiger charge is -2.37. The molecular weight excluding hydrogens is 554 g/mol. The Labute approximate surface area is 253 Å². The first-order valence-corrected chi connectivity index (χ1v) is 15.3. The van der Waals surface area contributed by atoms with Crippen LogP contribution >= 0.6 is 11.6 Å². The van der Waals surface area contributed by atoms with E-state index in [9.17, 15) is 19.5 Å². The van der Waals surface area contributed by atoms with E-state index < -0.39 is 18.3 Å². The second-order valence-electron chi connectivity index (χ2n) is 11.8. The Kier molecular flexibility index (Phi) is 10.9. The van der Waals surface area contributed by atoms with E-state index in [1.54, 1.807) is 17.0 Å². The van der Waals surface area contributed by atoms with Crippen molar-refractivity contribution in [3.63, 3.8) is 0 Å². The molecule has 0 aromatic heterocycles. The normalized spacial score (nSPS) is 19.8. The number of likely N-dealkylation sites (tertiary alicyclic amines) is 1. The number of aliphatic hydroxyl groups is 1. The van der Waals surface area contributed by atoms with Crippen LogP contribution in [0, 0.1) is 12.8 Å². The number of carbonyl (C=O) groups is 3. The van der Waals surface area contributed by atoms with E-state index in [1.807, 2.05) is 42.2 Å². The Morgan fingerprint density at radius 2 is 1.76 bits per heavy atom. The summed E-state index contributed by atoms with van der Waals surface area (Å²) in [5, 5.41) is 17.6. The van der Waals surface area contributed by atoms with Gasteiger partial charge in [0.05, 0.1) is 6.04 Å². The van der Waals surface area contributed by atoms with Gasteiger partial charge in [0, 0.05) is 49.1 Å². The zero-order valence-corrected chi connectivity index (χ0v) is 25.6. The van der Waals surface area contributed by atoms with Crippen LogP contribution in [0.3, 0.4) is 0 Å². The molecule has 0 radical (unpaired) electrons. The highest BCUT2D eigenvalue weighted by Gasteiger charge is 2.37. The summed E-state index contributed by atoms with van der Waals surface area (Å²) < 4.78 is 0. The number of hydrogen-bond donors (Lipinski definition) is 4. The zero-order valence-electron chi connectivity index (χ0n) is 24.8. The van der Waals surface area contributed by atoms with Crippen molar-refractivity contribution in [1.29, 1.82) is 0 Å². The molecule has 4 rings (SSSR count). The van der Waals surface area contributed by atoms with Crippen LogP contribution in [0.4, 0.5) is 5.69 Å². The van der Waals surface area contributed by atoms with Gasteiger partial charge in [0.25, 0.3) is 0 Å². The van der Waals surface area contributed by atoms with Gasteiger partial charge >= 0.3 is 0 Å². The molecule has 2 aromatic carbocycles. The number of nitrogens with one attached hydrogen (secondary N) is 2. The number of carbonyl (C=O) groups excluding carboxylic acids is 3. The summed E-state index contributed by atoms with van der Waals surface area (Å²) in [5.74, 6) is -0.236. The predicted octanol–water partition coefficient (Wildman–Crippen LogP) is 3.59. The lowest BCUT2D eigenvalue weighted by molar-refractivity contribution is -0.144. The molecule has 0 aliphatic carbocycles. The molecule has 2 aliphatic rings. The third-order valence-corrected chi connectivity index (χ3v) is 8.90. The summed E-state index contributed by atoms with van der Waals surface area (Å²) in [6, 6.07) is 11.8. The van der Waals surface area contributed by atoms with Gasteiger partial charge in [0.2, 0.25) is 17.7 Å². The summed E-state index contributed by atoms with van der Waals surface area (Å²) in [7, 11) is 0. The van der Waals surface area contributed by atoms with Crippen LogP contribution in [0.15, 0.2) is 42.5 Å². The molecule has 5 N–H and O–H groups in total. The maximum atomic E-state index is 13.8. The highest BCUT2D eigenvalue weighted by molar-refractivity contribution is 6.31. The van der Waals surface area contributed by atoms with Crippen LogP contribution in [0.1, 0.15) is 62.6 Å². The molecule has 0 bridgehead atoms. The van der Waals surface area contributed by atoms with Crippen molar-refractivity contribution in [3.05, 3.63) is 64.2 Å². The van der Waals surface area contributed by atoms with E-state index >= 15 is 0 Å². The fourth-order valence-corrected chi connectivity index (χ4v) is 6.21. The molecule has 2 heterocycles. The third kappa shape index (κ3) is 7.62. The molecule has 42 heavy (non-hydrogen) atoms. The lowest BCUT2D eigenvalue weighted by Crippen LogP contribution is -2.57. The maximum absolute atomic E-state index is 13.8. The average molecular weight is 598 g/mol. The Balaban J connectivity index is 1.46. The van der Waals surface area contributed by atoms with Crippen LogP contribution in [-0.4, -0.2) is 70.1 Å². The Hall–Kier alpha value is -3.14. The van der Waals surface area contributed by atoms with Gasteiger partial charge < -0.3 is 31.3 Å². The topological polar surface area (TPSA) is 128 Å². The first kappa shape index (κ1) is 31.8. The summed E-state index contributed by atoms with van der Waals surface area (Å²) in [6.07, 6.45) is 1.68. The summed E-state index contributed by atoms with van der Waals surface area (Å²) in [6.45, 7) is 7.37. The fraction of sp³-hybridized carbons (Fsp3) is 0.531. The van der Waals surface area contributed by atoms with Gasteiger partial charge in [-0.25, -0.2) is 0 Å². The molecule has 1 saturated heterocycles. The average Bonchev–Trinajstić information content (AvgIpc) is 3.47. The predicted molar refractivity (Wildman–Crippen MR) is 165 cm³/mol. The number of fused-ring (bicyclic) bond motifs is 1. The maximum Gasteiger partial charge on any atom is 0.243 e. The molecule has 228 valence electrons. The number of rotatable bonds is 11. The van der Waals surface area contributed by atoms with E-state index in [4.69, 9.17) is 17.3 Å². The Morgan fingerprint density at radius 1 is 1.07 bits per heavy atom. The molecule has 10 heteroatoms. The quantitative estimate of drug-likeness (QED) is 0.293. The molecule has 0 saturated carbocycles.